The zero-order chi connectivity index (χ0) is 32.3. The van der Waals surface area contributed by atoms with Crippen molar-refractivity contribution >= 4 is 40.7 Å². The number of nitrogens with one attached hydrogen (secondary N) is 4. The van der Waals surface area contributed by atoms with E-state index in [9.17, 15) is 19.2 Å². The summed E-state index contributed by atoms with van der Waals surface area (Å²) in [5, 5.41) is 8.07. The molecule has 1 aromatic carbocycles. The molecule has 3 aromatic rings. The number of esters is 1. The van der Waals surface area contributed by atoms with Crippen LogP contribution in [0.25, 0.3) is 17.0 Å². The van der Waals surface area contributed by atoms with Gasteiger partial charge in [-0.05, 0) is 57.2 Å². The van der Waals surface area contributed by atoms with Crippen LogP contribution in [0.2, 0.25) is 0 Å². The van der Waals surface area contributed by atoms with Crippen molar-refractivity contribution in [3.63, 3.8) is 0 Å². The Morgan fingerprint density at radius 1 is 1.09 bits per heavy atom. The number of benzene rings is 1. The topological polar surface area (TPSA) is 158 Å². The van der Waals surface area contributed by atoms with E-state index in [1.165, 1.54) is 11.3 Å². The van der Waals surface area contributed by atoms with E-state index in [1.54, 1.807) is 33.0 Å². The molecule has 2 aromatic heterocycles. The van der Waals surface area contributed by atoms with Crippen molar-refractivity contribution < 1.29 is 23.9 Å². The molecule has 45 heavy (non-hydrogen) atoms. The molecule has 1 fully saturated rings. The zero-order valence-electron chi connectivity index (χ0n) is 26.3. The van der Waals surface area contributed by atoms with Gasteiger partial charge in [0.05, 0.1) is 23.0 Å². The number of aromatic amines is 1. The minimum absolute atomic E-state index is 0.133. The first kappa shape index (κ1) is 31.8. The van der Waals surface area contributed by atoms with Gasteiger partial charge in [-0.3, -0.25) is 24.2 Å². The molecule has 5 bridgehead atoms. The number of fused-ring (bicyclic) bond motifs is 4. The van der Waals surface area contributed by atoms with Crippen LogP contribution in [0.3, 0.4) is 0 Å². The van der Waals surface area contributed by atoms with Gasteiger partial charge in [0.25, 0.3) is 5.91 Å². The lowest BCUT2D eigenvalue weighted by Gasteiger charge is -2.36. The van der Waals surface area contributed by atoms with Crippen molar-refractivity contribution in [1.29, 1.82) is 0 Å². The number of imidazole rings is 1. The minimum Gasteiger partial charge on any atom is -0.455 e. The number of carbonyl (C=O) groups is 4. The van der Waals surface area contributed by atoms with E-state index in [0.29, 0.717) is 30.8 Å². The van der Waals surface area contributed by atoms with Crippen molar-refractivity contribution in [2.24, 2.45) is 11.3 Å². The third-order valence-electron chi connectivity index (χ3n) is 8.29. The minimum atomic E-state index is -0.999. The second-order valence-electron chi connectivity index (χ2n) is 12.7. The van der Waals surface area contributed by atoms with Gasteiger partial charge in [0.2, 0.25) is 11.8 Å². The Morgan fingerprint density at radius 2 is 1.87 bits per heavy atom. The lowest BCUT2D eigenvalue weighted by Crippen LogP contribution is -2.62. The van der Waals surface area contributed by atoms with E-state index < -0.39 is 47.4 Å². The van der Waals surface area contributed by atoms with Crippen LogP contribution in [0.1, 0.15) is 70.5 Å². The Morgan fingerprint density at radius 3 is 2.60 bits per heavy atom. The molecule has 3 amide bonds. The van der Waals surface area contributed by atoms with Crippen molar-refractivity contribution in [2.75, 3.05) is 6.54 Å². The highest BCUT2D eigenvalue weighted by molar-refractivity contribution is 5.94. The molecule has 0 saturated carbocycles. The quantitative estimate of drug-likeness (QED) is 0.328. The fourth-order valence-corrected chi connectivity index (χ4v) is 5.42. The molecule has 1 unspecified atom stereocenters. The van der Waals surface area contributed by atoms with E-state index in [2.05, 4.69) is 26.0 Å². The number of ether oxygens (including phenoxy) is 1. The Kier molecular flexibility index (Phi) is 9.33. The molecule has 238 valence electrons. The zero-order valence-corrected chi connectivity index (χ0v) is 26.3. The molecule has 0 radical (unpaired) electrons. The predicted molar refractivity (Wildman–Crippen MR) is 168 cm³/mol. The average molecular weight is 616 g/mol. The summed E-state index contributed by atoms with van der Waals surface area (Å²) in [6, 6.07) is 6.89. The Balaban J connectivity index is 1.51. The third kappa shape index (κ3) is 7.39. The standard InChI is InChI=1S/C33H41N7O5/c1-19(2)28-29(41)37-27(16-23-17-34-18-35-23)30(42)40-14-6-7-25(39-40)31(43)45-20(3)24-11-10-22-9-8-21(15-26(22)36-24)12-13-33(4,5)32(44)38-28/h8-13,15,17-20,25,27-28,39H,6-7,14,16H2,1-5H3,(H,34,35)(H,37,41)(H,38,44)/t20-,25?,27+,28+/m1/s1. The number of cyclic esters (lactones) is 1. The van der Waals surface area contributed by atoms with Gasteiger partial charge in [0, 0.05) is 30.2 Å². The molecule has 4 N–H and O–H groups in total. The van der Waals surface area contributed by atoms with E-state index in [-0.39, 0.29) is 18.2 Å². The summed E-state index contributed by atoms with van der Waals surface area (Å²) in [6.07, 6.45) is 7.26. The highest BCUT2D eigenvalue weighted by Crippen LogP contribution is 2.25. The fourth-order valence-electron chi connectivity index (χ4n) is 5.42. The van der Waals surface area contributed by atoms with Gasteiger partial charge in [-0.25, -0.2) is 15.4 Å². The molecule has 0 spiro atoms. The summed E-state index contributed by atoms with van der Waals surface area (Å²) >= 11 is 0. The Bertz CT molecular complexity index is 1600. The summed E-state index contributed by atoms with van der Waals surface area (Å²) in [4.78, 5) is 66.2. The van der Waals surface area contributed by atoms with E-state index in [0.717, 1.165) is 16.5 Å². The van der Waals surface area contributed by atoms with Crippen LogP contribution in [-0.2, 0) is 30.3 Å². The van der Waals surface area contributed by atoms with E-state index in [1.807, 2.05) is 50.3 Å². The molecule has 0 aliphatic carbocycles. The van der Waals surface area contributed by atoms with Crippen molar-refractivity contribution in [2.45, 2.75) is 78.1 Å². The van der Waals surface area contributed by atoms with Crippen LogP contribution < -0.4 is 16.1 Å². The molecule has 12 heteroatoms. The highest BCUT2D eigenvalue weighted by Gasteiger charge is 2.37. The smallest absolute Gasteiger partial charge is 0.325 e. The summed E-state index contributed by atoms with van der Waals surface area (Å²) in [6.45, 7) is 9.33. The summed E-state index contributed by atoms with van der Waals surface area (Å²) in [5.41, 5.74) is 4.86. The highest BCUT2D eigenvalue weighted by atomic mass is 16.5. The van der Waals surface area contributed by atoms with Crippen LogP contribution in [-0.4, -0.2) is 68.3 Å². The second kappa shape index (κ2) is 13.2. The number of hydrogen-bond acceptors (Lipinski definition) is 8. The fraction of sp³-hybridized carbons (Fsp3) is 0.455. The molecule has 4 heterocycles. The van der Waals surface area contributed by atoms with Gasteiger partial charge in [-0.15, -0.1) is 0 Å². The van der Waals surface area contributed by atoms with Gasteiger partial charge >= 0.3 is 5.97 Å². The first-order valence-corrected chi connectivity index (χ1v) is 15.4. The van der Waals surface area contributed by atoms with Gasteiger partial charge in [0.1, 0.15) is 24.2 Å². The Hall–Kier alpha value is -4.58. The SMILES string of the molecule is CC(C)[C@@H]1NC(=O)C(C)(C)C=Cc2ccc3ccc(nc3c2)[C@@H](C)OC(=O)C2CCCN(N2)C(=O)[C@H](Cc2cnc[nH]2)NC1=O. The van der Waals surface area contributed by atoms with Crippen molar-refractivity contribution in [1.82, 2.24) is 36.0 Å². The summed E-state index contributed by atoms with van der Waals surface area (Å²) < 4.78 is 5.82. The van der Waals surface area contributed by atoms with Crippen LogP contribution in [0.5, 0.6) is 0 Å². The van der Waals surface area contributed by atoms with Gasteiger partial charge in [0.15, 0.2) is 0 Å². The van der Waals surface area contributed by atoms with Gasteiger partial charge in [-0.1, -0.05) is 44.2 Å². The number of nitrogens with zero attached hydrogens (tertiary/aromatic N) is 3. The van der Waals surface area contributed by atoms with E-state index >= 15 is 0 Å². The molecular formula is C33H41N7O5. The normalized spacial score (nSPS) is 24.8. The van der Waals surface area contributed by atoms with Crippen molar-refractivity contribution in [3.8, 4) is 0 Å². The predicted octanol–water partition coefficient (Wildman–Crippen LogP) is 2.98. The maximum Gasteiger partial charge on any atom is 0.325 e. The number of pyridine rings is 1. The lowest BCUT2D eigenvalue weighted by atomic mass is 9.89. The molecule has 5 rings (SSSR count). The average Bonchev–Trinajstić information content (AvgIpc) is 3.54. The number of amides is 3. The number of carbonyl (C=O) groups excluding carboxylic acids is 4. The number of aromatic nitrogens is 3. The molecule has 4 atom stereocenters. The number of H-pyrrole nitrogens is 1. The van der Waals surface area contributed by atoms with Gasteiger partial charge in [-0.2, -0.15) is 0 Å². The first-order chi connectivity index (χ1) is 21.4. The molecule has 12 nitrogen and oxygen atoms in total. The van der Waals surface area contributed by atoms with Crippen LogP contribution in [0, 0.1) is 11.3 Å². The molecule has 1 saturated heterocycles. The van der Waals surface area contributed by atoms with Crippen LogP contribution in [0.15, 0.2) is 48.9 Å². The number of hydrogen-bond donors (Lipinski definition) is 4. The monoisotopic (exact) mass is 615 g/mol. The maximum absolute atomic E-state index is 13.9. The third-order valence-corrected chi connectivity index (χ3v) is 8.29. The van der Waals surface area contributed by atoms with Crippen molar-refractivity contribution in [3.05, 3.63) is 65.9 Å². The number of hydrazine groups is 1. The molecule has 2 aliphatic heterocycles. The number of rotatable bonds is 3. The lowest BCUT2D eigenvalue weighted by molar-refractivity contribution is -0.157. The maximum atomic E-state index is 13.9. The summed E-state index contributed by atoms with van der Waals surface area (Å²) in [5.74, 6) is -2.00. The molecule has 2 aliphatic rings. The molecular weight excluding hydrogens is 574 g/mol. The van der Waals surface area contributed by atoms with Crippen LogP contribution in [0.4, 0.5) is 0 Å². The largest absolute Gasteiger partial charge is 0.455 e. The Labute approximate surface area is 262 Å². The summed E-state index contributed by atoms with van der Waals surface area (Å²) in [7, 11) is 0. The van der Waals surface area contributed by atoms with E-state index in [4.69, 9.17) is 9.72 Å². The van der Waals surface area contributed by atoms with Gasteiger partial charge < -0.3 is 20.4 Å². The second-order valence-corrected chi connectivity index (χ2v) is 12.7. The van der Waals surface area contributed by atoms with Crippen LogP contribution >= 0.6 is 0 Å². The first-order valence-electron chi connectivity index (χ1n) is 15.4.